The monoisotopic (exact) mass is 193 g/mol. The van der Waals surface area contributed by atoms with Gasteiger partial charge in [0.15, 0.2) is 0 Å². The van der Waals surface area contributed by atoms with Gasteiger partial charge in [0.1, 0.15) is 0 Å². The molecule has 3 nitrogen and oxygen atoms in total. The van der Waals surface area contributed by atoms with E-state index in [1.165, 1.54) is 0 Å². The first-order valence-electron chi connectivity index (χ1n) is 4.24. The summed E-state index contributed by atoms with van der Waals surface area (Å²) in [6.07, 6.45) is 1.47. The summed E-state index contributed by atoms with van der Waals surface area (Å²) < 4.78 is 0. The molecule has 0 aromatic rings. The Morgan fingerprint density at radius 1 is 1.50 bits per heavy atom. The Labute approximate surface area is 78.8 Å². The molecule has 0 radical (unpaired) electrons. The van der Waals surface area contributed by atoms with Crippen LogP contribution in [0.1, 0.15) is 6.92 Å². The maximum Gasteiger partial charge on any atom is 0.0897 e. The average molecular weight is 193 g/mol. The fraction of sp³-hybridized carbons (Fsp3) is 1.00. The Balaban J connectivity index is 3.51. The van der Waals surface area contributed by atoms with Gasteiger partial charge in [0, 0.05) is 18.8 Å². The van der Waals surface area contributed by atoms with Crippen molar-refractivity contribution in [2.75, 3.05) is 38.2 Å². The summed E-state index contributed by atoms with van der Waals surface area (Å²) in [5.74, 6) is 1.08. The van der Waals surface area contributed by atoms with E-state index in [9.17, 15) is 0 Å². The highest BCUT2D eigenvalue weighted by Gasteiger charge is 2.07. The predicted molar refractivity (Wildman–Crippen MR) is 53.6 cm³/mol. The third-order valence-electron chi connectivity index (χ3n) is 1.74. The van der Waals surface area contributed by atoms with Gasteiger partial charge in [-0.1, -0.05) is 6.92 Å². The van der Waals surface area contributed by atoms with Crippen molar-refractivity contribution in [1.82, 2.24) is 4.90 Å². The quantitative estimate of drug-likeness (QED) is 0.598. The summed E-state index contributed by atoms with van der Waals surface area (Å²) in [6.45, 7) is 4.40. The number of hydrogen-bond donors (Lipinski definition) is 2. The Morgan fingerprint density at radius 2 is 2.17 bits per heavy atom. The highest BCUT2D eigenvalue weighted by molar-refractivity contribution is 7.98. The molecule has 0 aliphatic carbocycles. The topological polar surface area (TPSA) is 43.7 Å². The first-order chi connectivity index (χ1) is 5.74. The molecule has 1 unspecified atom stereocenters. The van der Waals surface area contributed by atoms with Gasteiger partial charge in [-0.25, -0.2) is 0 Å². The summed E-state index contributed by atoms with van der Waals surface area (Å²) in [7, 11) is 0. The van der Waals surface area contributed by atoms with Crippen molar-refractivity contribution in [3.8, 4) is 0 Å². The van der Waals surface area contributed by atoms with E-state index >= 15 is 0 Å². The molecule has 0 saturated carbocycles. The minimum Gasteiger partial charge on any atom is -0.394 e. The molecular formula is C8H19NO2S. The van der Waals surface area contributed by atoms with Crippen molar-refractivity contribution in [3.63, 3.8) is 0 Å². The highest BCUT2D eigenvalue weighted by Crippen LogP contribution is 1.97. The van der Waals surface area contributed by atoms with Gasteiger partial charge in [0.2, 0.25) is 0 Å². The van der Waals surface area contributed by atoms with Crippen molar-refractivity contribution in [3.05, 3.63) is 0 Å². The molecule has 0 aromatic heterocycles. The lowest BCUT2D eigenvalue weighted by atomic mass is 10.3. The smallest absolute Gasteiger partial charge is 0.0897 e. The van der Waals surface area contributed by atoms with Crippen molar-refractivity contribution in [1.29, 1.82) is 0 Å². The van der Waals surface area contributed by atoms with Gasteiger partial charge in [0.25, 0.3) is 0 Å². The van der Waals surface area contributed by atoms with Crippen LogP contribution in [0.25, 0.3) is 0 Å². The molecule has 0 aliphatic rings. The molecule has 1 atom stereocenters. The van der Waals surface area contributed by atoms with E-state index in [4.69, 9.17) is 10.2 Å². The summed E-state index contributed by atoms with van der Waals surface area (Å²) in [5, 5.41) is 17.8. The van der Waals surface area contributed by atoms with Crippen LogP contribution in [0.2, 0.25) is 0 Å². The fourth-order valence-corrected chi connectivity index (χ4v) is 1.40. The number of rotatable bonds is 7. The lowest BCUT2D eigenvalue weighted by Gasteiger charge is -2.21. The summed E-state index contributed by atoms with van der Waals surface area (Å²) in [4.78, 5) is 2.14. The third-order valence-corrected chi connectivity index (χ3v) is 2.33. The minimum atomic E-state index is -0.591. The number of aliphatic hydroxyl groups is 2. The molecule has 0 fully saturated rings. The molecule has 2 N–H and O–H groups in total. The van der Waals surface area contributed by atoms with Gasteiger partial charge in [-0.3, -0.25) is 0 Å². The molecule has 0 aliphatic heterocycles. The minimum absolute atomic E-state index is 0.143. The van der Waals surface area contributed by atoms with Crippen LogP contribution in [0.15, 0.2) is 0 Å². The van der Waals surface area contributed by atoms with E-state index < -0.39 is 6.10 Å². The lowest BCUT2D eigenvalue weighted by Crippen LogP contribution is -2.35. The van der Waals surface area contributed by atoms with E-state index in [0.717, 1.165) is 18.8 Å². The molecule has 0 bridgehead atoms. The number of hydrogen-bond acceptors (Lipinski definition) is 4. The molecule has 4 heteroatoms. The van der Waals surface area contributed by atoms with Crippen LogP contribution in [-0.2, 0) is 0 Å². The second kappa shape index (κ2) is 7.86. The molecule has 12 heavy (non-hydrogen) atoms. The second-order valence-corrected chi connectivity index (χ2v) is 3.71. The van der Waals surface area contributed by atoms with Crippen LogP contribution in [0.4, 0.5) is 0 Å². The van der Waals surface area contributed by atoms with Crippen LogP contribution >= 0.6 is 11.8 Å². The zero-order valence-corrected chi connectivity index (χ0v) is 8.68. The largest absolute Gasteiger partial charge is 0.394 e. The zero-order valence-electron chi connectivity index (χ0n) is 7.86. The Kier molecular flexibility index (Phi) is 8.01. The molecule has 0 saturated heterocycles. The Hall–Kier alpha value is 0.230. The molecule has 0 spiro atoms. The lowest BCUT2D eigenvalue weighted by molar-refractivity contribution is 0.0626. The van der Waals surface area contributed by atoms with Crippen LogP contribution in [0.5, 0.6) is 0 Å². The first-order valence-corrected chi connectivity index (χ1v) is 5.64. The van der Waals surface area contributed by atoms with E-state index in [-0.39, 0.29) is 6.61 Å². The van der Waals surface area contributed by atoms with Gasteiger partial charge in [-0.05, 0) is 12.8 Å². The second-order valence-electron chi connectivity index (χ2n) is 2.72. The van der Waals surface area contributed by atoms with E-state index in [2.05, 4.69) is 18.1 Å². The standard InChI is InChI=1S/C8H19NO2S/c1-3-9(4-5-12-2)6-8(11)7-10/h8,10-11H,3-7H2,1-2H3. The van der Waals surface area contributed by atoms with E-state index in [1.54, 1.807) is 11.8 Å². The molecule has 0 rings (SSSR count). The zero-order chi connectivity index (χ0) is 9.40. The van der Waals surface area contributed by atoms with Crippen molar-refractivity contribution in [2.24, 2.45) is 0 Å². The number of nitrogens with zero attached hydrogens (tertiary/aromatic N) is 1. The van der Waals surface area contributed by atoms with Gasteiger partial charge < -0.3 is 15.1 Å². The predicted octanol–water partition coefficient (Wildman–Crippen LogP) is 0.0245. The Morgan fingerprint density at radius 3 is 2.58 bits per heavy atom. The fourth-order valence-electron chi connectivity index (χ4n) is 0.955. The van der Waals surface area contributed by atoms with Crippen molar-refractivity contribution >= 4 is 11.8 Å². The number of aliphatic hydroxyl groups excluding tert-OH is 2. The van der Waals surface area contributed by atoms with Gasteiger partial charge in [-0.15, -0.1) is 0 Å². The molecule has 0 amide bonds. The third kappa shape index (κ3) is 5.83. The van der Waals surface area contributed by atoms with Crippen LogP contribution in [-0.4, -0.2) is 59.5 Å². The van der Waals surface area contributed by atoms with Crippen LogP contribution < -0.4 is 0 Å². The molecular weight excluding hydrogens is 174 g/mol. The molecule has 0 heterocycles. The van der Waals surface area contributed by atoms with Crippen molar-refractivity contribution < 1.29 is 10.2 Å². The average Bonchev–Trinajstić information content (AvgIpc) is 2.11. The Bertz CT molecular complexity index is 103. The summed E-state index contributed by atoms with van der Waals surface area (Å²) >= 11 is 1.79. The normalized spacial score (nSPS) is 13.8. The number of thioether (sulfide) groups is 1. The van der Waals surface area contributed by atoms with Crippen molar-refractivity contribution in [2.45, 2.75) is 13.0 Å². The number of likely N-dealkylation sites (N-methyl/N-ethyl adjacent to an activating group) is 1. The van der Waals surface area contributed by atoms with E-state index in [1.807, 2.05) is 0 Å². The molecule has 74 valence electrons. The first kappa shape index (κ1) is 12.2. The van der Waals surface area contributed by atoms with Crippen LogP contribution in [0, 0.1) is 0 Å². The highest BCUT2D eigenvalue weighted by atomic mass is 32.2. The molecule has 0 aromatic carbocycles. The van der Waals surface area contributed by atoms with Crippen LogP contribution in [0.3, 0.4) is 0 Å². The van der Waals surface area contributed by atoms with E-state index in [0.29, 0.717) is 6.54 Å². The summed E-state index contributed by atoms with van der Waals surface area (Å²) in [6, 6.07) is 0. The van der Waals surface area contributed by atoms with Gasteiger partial charge >= 0.3 is 0 Å². The van der Waals surface area contributed by atoms with Gasteiger partial charge in [0.05, 0.1) is 12.7 Å². The summed E-state index contributed by atoms with van der Waals surface area (Å²) in [5.41, 5.74) is 0. The SMILES string of the molecule is CCN(CCSC)CC(O)CO. The maximum absolute atomic E-state index is 9.16. The van der Waals surface area contributed by atoms with Gasteiger partial charge in [-0.2, -0.15) is 11.8 Å². The maximum atomic E-state index is 9.16.